The van der Waals surface area contributed by atoms with Gasteiger partial charge in [-0.3, -0.25) is 18.6 Å². The number of rotatable bonds is 5. The van der Waals surface area contributed by atoms with Crippen molar-refractivity contribution in [1.29, 1.82) is 0 Å². The maximum Gasteiger partial charge on any atom is 0.269 e. The SMILES string of the molecule is [c-]1n(-c2cccc(Oc3ccc4c5ccccc5n(C5=Nc6ccccc6-c6ccccc6N5c5ccccc5)c4c3)c2)c2ccccc2[n+]1-c1ccccc1. The van der Waals surface area contributed by atoms with Crippen molar-refractivity contribution in [3.63, 3.8) is 0 Å². The van der Waals surface area contributed by atoms with E-state index in [9.17, 15) is 0 Å². The first-order chi connectivity index (χ1) is 27.8. The number of benzene rings is 8. The molecule has 8 aromatic carbocycles. The Morgan fingerprint density at radius 2 is 1.14 bits per heavy atom. The molecule has 1 aliphatic heterocycles. The van der Waals surface area contributed by atoms with Crippen molar-refractivity contribution in [3.05, 3.63) is 207 Å². The second-order valence-corrected chi connectivity index (χ2v) is 13.8. The van der Waals surface area contributed by atoms with Gasteiger partial charge in [-0.05, 0) is 72.8 Å². The zero-order valence-electron chi connectivity index (χ0n) is 30.2. The Labute approximate surface area is 323 Å². The Balaban J connectivity index is 1.07. The van der Waals surface area contributed by atoms with Crippen LogP contribution in [0.1, 0.15) is 0 Å². The lowest BCUT2D eigenvalue weighted by molar-refractivity contribution is -0.572. The second kappa shape index (κ2) is 13.0. The first-order valence-corrected chi connectivity index (χ1v) is 18.7. The van der Waals surface area contributed by atoms with Crippen molar-refractivity contribution >= 4 is 55.9 Å². The molecule has 0 atom stereocenters. The number of aromatic nitrogens is 3. The minimum Gasteiger partial charge on any atom is -0.458 e. The van der Waals surface area contributed by atoms with Crippen LogP contribution in [0, 0.1) is 6.33 Å². The van der Waals surface area contributed by atoms with Gasteiger partial charge in [0, 0.05) is 33.7 Å². The van der Waals surface area contributed by atoms with Gasteiger partial charge in [0.1, 0.15) is 11.5 Å². The van der Waals surface area contributed by atoms with E-state index in [4.69, 9.17) is 9.73 Å². The van der Waals surface area contributed by atoms with Crippen LogP contribution in [0.5, 0.6) is 11.5 Å². The largest absolute Gasteiger partial charge is 0.458 e. The van der Waals surface area contributed by atoms with Crippen LogP contribution < -0.4 is 14.2 Å². The zero-order chi connectivity index (χ0) is 37.0. The van der Waals surface area contributed by atoms with Gasteiger partial charge in [-0.1, -0.05) is 121 Å². The number of para-hydroxylation sites is 7. The van der Waals surface area contributed by atoms with Gasteiger partial charge in [0.15, 0.2) is 0 Å². The molecule has 1 aliphatic rings. The van der Waals surface area contributed by atoms with Gasteiger partial charge < -0.3 is 4.74 Å². The van der Waals surface area contributed by atoms with E-state index in [1.807, 2.05) is 30.3 Å². The third-order valence-electron chi connectivity index (χ3n) is 10.5. The number of imidazole rings is 1. The summed E-state index contributed by atoms with van der Waals surface area (Å²) in [4.78, 5) is 7.79. The molecule has 56 heavy (non-hydrogen) atoms. The van der Waals surface area contributed by atoms with E-state index in [0.29, 0.717) is 0 Å². The van der Waals surface area contributed by atoms with Crippen LogP contribution in [0.2, 0.25) is 0 Å². The molecular formula is C50H33N5O. The Morgan fingerprint density at radius 3 is 2.02 bits per heavy atom. The maximum absolute atomic E-state index is 6.74. The van der Waals surface area contributed by atoms with Gasteiger partial charge in [-0.25, -0.2) is 4.99 Å². The zero-order valence-corrected chi connectivity index (χ0v) is 30.2. The highest BCUT2D eigenvalue weighted by atomic mass is 16.5. The molecule has 0 N–H and O–H groups in total. The Hall–Kier alpha value is -7.70. The average molecular weight is 720 g/mol. The monoisotopic (exact) mass is 719 g/mol. The molecular weight excluding hydrogens is 687 g/mol. The van der Waals surface area contributed by atoms with Crippen molar-refractivity contribution < 1.29 is 9.30 Å². The summed E-state index contributed by atoms with van der Waals surface area (Å²) in [6.07, 6.45) is 3.59. The summed E-state index contributed by atoms with van der Waals surface area (Å²) >= 11 is 0. The number of anilines is 2. The van der Waals surface area contributed by atoms with Crippen LogP contribution in [-0.4, -0.2) is 15.1 Å². The molecule has 0 spiro atoms. The number of hydrogen-bond donors (Lipinski definition) is 0. The van der Waals surface area contributed by atoms with E-state index in [2.05, 4.69) is 195 Å². The molecule has 6 nitrogen and oxygen atoms in total. The molecule has 0 amide bonds. The lowest BCUT2D eigenvalue weighted by atomic mass is 10.0. The minimum absolute atomic E-state index is 0.723. The summed E-state index contributed by atoms with van der Waals surface area (Å²) < 4.78 is 13.2. The normalized spacial score (nSPS) is 12.4. The number of hydrogen-bond acceptors (Lipinski definition) is 3. The fourth-order valence-electron chi connectivity index (χ4n) is 8.01. The van der Waals surface area contributed by atoms with Crippen LogP contribution in [0.25, 0.3) is 55.3 Å². The summed E-state index contributed by atoms with van der Waals surface area (Å²) in [5.74, 6) is 2.23. The van der Waals surface area contributed by atoms with Crippen LogP contribution in [0.4, 0.5) is 17.1 Å². The summed E-state index contributed by atoms with van der Waals surface area (Å²) in [6, 6.07) is 69.2. The van der Waals surface area contributed by atoms with E-state index in [1.165, 1.54) is 0 Å². The molecule has 0 aliphatic carbocycles. The molecule has 0 fully saturated rings. The van der Waals surface area contributed by atoms with Gasteiger partial charge >= 0.3 is 0 Å². The van der Waals surface area contributed by atoms with E-state index in [-0.39, 0.29) is 0 Å². The summed E-state index contributed by atoms with van der Waals surface area (Å²) in [5.41, 5.74) is 11.4. The highest BCUT2D eigenvalue weighted by molar-refractivity contribution is 6.20. The van der Waals surface area contributed by atoms with Gasteiger partial charge in [-0.2, -0.15) is 0 Å². The molecule has 0 saturated heterocycles. The van der Waals surface area contributed by atoms with Crippen molar-refractivity contribution in [2.45, 2.75) is 0 Å². The smallest absolute Gasteiger partial charge is 0.269 e. The summed E-state index contributed by atoms with van der Waals surface area (Å²) in [6.45, 7) is 0. The summed E-state index contributed by atoms with van der Waals surface area (Å²) in [5, 5.41) is 2.25. The third kappa shape index (κ3) is 5.19. The first kappa shape index (κ1) is 31.8. The Morgan fingerprint density at radius 1 is 0.482 bits per heavy atom. The molecule has 10 aromatic rings. The van der Waals surface area contributed by atoms with Crippen LogP contribution in [0.15, 0.2) is 205 Å². The molecule has 3 heterocycles. The van der Waals surface area contributed by atoms with Crippen molar-refractivity contribution in [2.24, 2.45) is 4.99 Å². The first-order valence-electron chi connectivity index (χ1n) is 18.7. The van der Waals surface area contributed by atoms with Gasteiger partial charge in [0.25, 0.3) is 6.33 Å². The van der Waals surface area contributed by atoms with Gasteiger partial charge in [0.2, 0.25) is 5.96 Å². The molecule has 2 aromatic heterocycles. The number of ether oxygens (including phenoxy) is 1. The molecule has 0 radical (unpaired) electrons. The average Bonchev–Trinajstić information content (AvgIpc) is 3.76. The van der Waals surface area contributed by atoms with Crippen molar-refractivity contribution in [1.82, 2.24) is 9.13 Å². The maximum atomic E-state index is 6.74. The van der Waals surface area contributed by atoms with Crippen LogP contribution in [0.3, 0.4) is 0 Å². The highest BCUT2D eigenvalue weighted by Gasteiger charge is 2.28. The van der Waals surface area contributed by atoms with Crippen molar-refractivity contribution in [3.8, 4) is 34.0 Å². The lowest BCUT2D eigenvalue weighted by Gasteiger charge is -2.28. The minimum atomic E-state index is 0.723. The molecule has 264 valence electrons. The van der Waals surface area contributed by atoms with E-state index in [0.717, 1.165) is 89.9 Å². The summed E-state index contributed by atoms with van der Waals surface area (Å²) in [7, 11) is 0. The van der Waals surface area contributed by atoms with Crippen LogP contribution in [-0.2, 0) is 0 Å². The van der Waals surface area contributed by atoms with E-state index >= 15 is 0 Å². The predicted octanol–water partition coefficient (Wildman–Crippen LogP) is 12.0. The standard InChI is InChI=1S/C50H33N5O/c1-3-16-35(17-4-1)52-34-53(48-29-14-13-28-47(48)52)37-20-15-21-38(32-37)56-39-30-31-43-42-24-9-12-27-46(42)55(49(43)33-39)50-51-44-25-10-7-22-40(44)41-23-8-11-26-45(41)54(50)36-18-5-2-6-19-36/h1-33H. The molecule has 0 unspecified atom stereocenters. The molecule has 0 saturated carbocycles. The van der Waals surface area contributed by atoms with E-state index < -0.39 is 0 Å². The molecule has 6 heteroatoms. The Kier molecular flexibility index (Phi) is 7.38. The van der Waals surface area contributed by atoms with E-state index in [1.54, 1.807) is 0 Å². The van der Waals surface area contributed by atoms with Crippen LogP contribution >= 0.6 is 0 Å². The van der Waals surface area contributed by atoms with Gasteiger partial charge in [-0.15, -0.1) is 0 Å². The highest BCUT2D eigenvalue weighted by Crippen LogP contribution is 2.44. The second-order valence-electron chi connectivity index (χ2n) is 13.8. The quantitative estimate of drug-likeness (QED) is 0.131. The molecule has 0 bridgehead atoms. The number of nitrogens with zero attached hydrogens (tertiary/aromatic N) is 5. The number of fused-ring (bicyclic) bond motifs is 7. The predicted molar refractivity (Wildman–Crippen MR) is 226 cm³/mol. The fourth-order valence-corrected chi connectivity index (χ4v) is 8.01. The number of aliphatic imine (C=N–C) groups is 1. The lowest BCUT2D eigenvalue weighted by Crippen LogP contribution is -2.32. The third-order valence-corrected chi connectivity index (χ3v) is 10.5. The van der Waals surface area contributed by atoms with Crippen molar-refractivity contribution in [2.75, 3.05) is 4.90 Å². The molecule has 11 rings (SSSR count). The fraction of sp³-hybridized carbons (Fsp3) is 0. The van der Waals surface area contributed by atoms with Gasteiger partial charge in [0.05, 0.1) is 44.8 Å². The topological polar surface area (TPSA) is 38.6 Å². The Bertz CT molecular complexity index is 3120.